The lowest BCUT2D eigenvalue weighted by atomic mass is 10.1. The molecular weight excluding hydrogens is 480 g/mol. The van der Waals surface area contributed by atoms with Crippen LogP contribution >= 0.6 is 0 Å². The van der Waals surface area contributed by atoms with E-state index in [0.29, 0.717) is 0 Å². The Morgan fingerprint density at radius 2 is 0.737 bits per heavy atom. The molecule has 0 aliphatic rings. The van der Waals surface area contributed by atoms with Gasteiger partial charge in [0.2, 0.25) is 0 Å². The summed E-state index contributed by atoms with van der Waals surface area (Å²) < 4.78 is 20.9. The van der Waals surface area contributed by atoms with Crippen LogP contribution in [-0.4, -0.2) is 38.7 Å². The number of phenolic OH excluding ortho intramolecular Hbond substituents is 2. The van der Waals surface area contributed by atoms with Gasteiger partial charge in [0, 0.05) is 12.1 Å². The quantitative estimate of drug-likeness (QED) is 0.244. The van der Waals surface area contributed by atoms with Crippen LogP contribution in [0.4, 0.5) is 0 Å². The van der Waals surface area contributed by atoms with Gasteiger partial charge in [0.15, 0.2) is 0 Å². The minimum Gasteiger partial charge on any atom is -0.508 e. The standard InChI is InChI=1S/2C16H16O3/c2*1-18-15-9-13(10-16(11-15)19-2)7-6-12-4-3-5-14(17)8-12/h2*3-11,17H,1-2H3. The van der Waals surface area contributed by atoms with Crippen molar-refractivity contribution in [1.29, 1.82) is 0 Å². The first-order valence-electron chi connectivity index (χ1n) is 11.8. The zero-order valence-corrected chi connectivity index (χ0v) is 21.9. The summed E-state index contributed by atoms with van der Waals surface area (Å²) in [6, 6.07) is 25.5. The molecule has 0 aliphatic heterocycles. The molecule has 0 spiro atoms. The number of phenols is 2. The number of aromatic hydroxyl groups is 2. The maximum absolute atomic E-state index is 9.40. The van der Waals surface area contributed by atoms with E-state index in [4.69, 9.17) is 18.9 Å². The fourth-order valence-corrected chi connectivity index (χ4v) is 3.49. The second kappa shape index (κ2) is 14.0. The van der Waals surface area contributed by atoms with Gasteiger partial charge in [-0.15, -0.1) is 0 Å². The summed E-state index contributed by atoms with van der Waals surface area (Å²) in [5.41, 5.74) is 3.81. The SMILES string of the molecule is COc1cc(C=Cc2cccc(O)c2)cc(OC)c1.COc1cc(C=Cc2cccc(O)c2)cc(OC)c1. The molecule has 0 radical (unpaired) electrons. The van der Waals surface area contributed by atoms with E-state index in [1.165, 1.54) is 0 Å². The minimum atomic E-state index is 0.255. The molecule has 6 nitrogen and oxygen atoms in total. The third kappa shape index (κ3) is 8.68. The van der Waals surface area contributed by atoms with Gasteiger partial charge in [0.1, 0.15) is 34.5 Å². The topological polar surface area (TPSA) is 77.4 Å². The number of hydrogen-bond acceptors (Lipinski definition) is 6. The average molecular weight is 513 g/mol. The van der Waals surface area contributed by atoms with Crippen molar-refractivity contribution in [2.45, 2.75) is 0 Å². The highest BCUT2D eigenvalue weighted by molar-refractivity contribution is 5.72. The zero-order chi connectivity index (χ0) is 27.3. The van der Waals surface area contributed by atoms with Gasteiger partial charge >= 0.3 is 0 Å². The highest BCUT2D eigenvalue weighted by Gasteiger charge is 2.00. The molecule has 0 saturated carbocycles. The monoisotopic (exact) mass is 512 g/mol. The van der Waals surface area contributed by atoms with Crippen molar-refractivity contribution >= 4 is 24.3 Å². The second-order valence-electron chi connectivity index (χ2n) is 8.15. The molecule has 2 N–H and O–H groups in total. The van der Waals surface area contributed by atoms with Gasteiger partial charge in [0.05, 0.1) is 28.4 Å². The third-order valence-corrected chi connectivity index (χ3v) is 5.42. The molecule has 4 aromatic carbocycles. The third-order valence-electron chi connectivity index (χ3n) is 5.42. The summed E-state index contributed by atoms with van der Waals surface area (Å²) in [7, 11) is 6.49. The number of ether oxygens (including phenoxy) is 4. The Hall–Kier alpha value is -4.84. The molecular formula is C32H32O6. The van der Waals surface area contributed by atoms with E-state index in [1.54, 1.807) is 64.8 Å². The highest BCUT2D eigenvalue weighted by Crippen LogP contribution is 2.25. The lowest BCUT2D eigenvalue weighted by Crippen LogP contribution is -1.88. The first kappa shape index (κ1) is 27.7. The van der Waals surface area contributed by atoms with Crippen molar-refractivity contribution in [3.63, 3.8) is 0 Å². The minimum absolute atomic E-state index is 0.255. The molecule has 0 saturated heterocycles. The molecule has 0 aromatic heterocycles. The van der Waals surface area contributed by atoms with Crippen LogP contribution in [0.2, 0.25) is 0 Å². The first-order chi connectivity index (χ1) is 18.4. The Morgan fingerprint density at radius 3 is 1.03 bits per heavy atom. The van der Waals surface area contributed by atoms with Gasteiger partial charge < -0.3 is 29.2 Å². The van der Waals surface area contributed by atoms with Crippen molar-refractivity contribution in [3.8, 4) is 34.5 Å². The van der Waals surface area contributed by atoms with E-state index in [1.807, 2.05) is 72.8 Å². The second-order valence-corrected chi connectivity index (χ2v) is 8.15. The van der Waals surface area contributed by atoms with Crippen LogP contribution in [0.15, 0.2) is 84.9 Å². The maximum atomic E-state index is 9.40. The molecule has 38 heavy (non-hydrogen) atoms. The molecule has 0 bridgehead atoms. The molecule has 0 aliphatic carbocycles. The molecule has 4 rings (SSSR count). The molecule has 0 atom stereocenters. The molecule has 196 valence electrons. The molecule has 4 aromatic rings. The van der Waals surface area contributed by atoms with E-state index in [0.717, 1.165) is 45.3 Å². The van der Waals surface area contributed by atoms with E-state index in [2.05, 4.69) is 0 Å². The Balaban J connectivity index is 0.000000211. The summed E-state index contributed by atoms with van der Waals surface area (Å²) in [6.45, 7) is 0. The zero-order valence-electron chi connectivity index (χ0n) is 21.9. The Morgan fingerprint density at radius 1 is 0.421 bits per heavy atom. The van der Waals surface area contributed by atoms with Crippen LogP contribution in [0.3, 0.4) is 0 Å². The van der Waals surface area contributed by atoms with Crippen LogP contribution in [0.5, 0.6) is 34.5 Å². The molecule has 0 amide bonds. The molecule has 0 unspecified atom stereocenters. The average Bonchev–Trinajstić information content (AvgIpc) is 2.95. The Kier molecular flexibility index (Phi) is 10.3. The van der Waals surface area contributed by atoms with Crippen molar-refractivity contribution in [2.24, 2.45) is 0 Å². The van der Waals surface area contributed by atoms with Crippen LogP contribution in [-0.2, 0) is 0 Å². The van der Waals surface area contributed by atoms with E-state index in [9.17, 15) is 10.2 Å². The summed E-state index contributed by atoms with van der Waals surface area (Å²) >= 11 is 0. The van der Waals surface area contributed by atoms with Crippen molar-refractivity contribution in [2.75, 3.05) is 28.4 Å². The fourth-order valence-electron chi connectivity index (χ4n) is 3.49. The summed E-state index contributed by atoms with van der Waals surface area (Å²) in [5, 5.41) is 18.8. The fraction of sp³-hybridized carbons (Fsp3) is 0.125. The lowest BCUT2D eigenvalue weighted by molar-refractivity contribution is 0.394. The lowest BCUT2D eigenvalue weighted by Gasteiger charge is -2.05. The molecule has 6 heteroatoms. The van der Waals surface area contributed by atoms with Crippen LogP contribution < -0.4 is 18.9 Å². The van der Waals surface area contributed by atoms with Crippen LogP contribution in [0, 0.1) is 0 Å². The number of hydrogen-bond donors (Lipinski definition) is 2. The van der Waals surface area contributed by atoms with E-state index < -0.39 is 0 Å². The summed E-state index contributed by atoms with van der Waals surface area (Å²) in [4.78, 5) is 0. The largest absolute Gasteiger partial charge is 0.508 e. The smallest absolute Gasteiger partial charge is 0.123 e. The van der Waals surface area contributed by atoms with Crippen molar-refractivity contribution in [1.82, 2.24) is 0 Å². The van der Waals surface area contributed by atoms with Gasteiger partial charge in [0.25, 0.3) is 0 Å². The Labute approximate surface area is 223 Å². The highest BCUT2D eigenvalue weighted by atomic mass is 16.5. The van der Waals surface area contributed by atoms with E-state index >= 15 is 0 Å². The van der Waals surface area contributed by atoms with Gasteiger partial charge in [-0.1, -0.05) is 48.6 Å². The number of benzene rings is 4. The normalized spacial score (nSPS) is 10.6. The number of rotatable bonds is 8. The van der Waals surface area contributed by atoms with Crippen LogP contribution in [0.1, 0.15) is 22.3 Å². The van der Waals surface area contributed by atoms with Gasteiger partial charge in [-0.25, -0.2) is 0 Å². The first-order valence-corrected chi connectivity index (χ1v) is 11.8. The predicted octanol–water partition coefficient (Wildman–Crippen LogP) is 7.16. The van der Waals surface area contributed by atoms with Crippen molar-refractivity contribution in [3.05, 3.63) is 107 Å². The maximum Gasteiger partial charge on any atom is 0.123 e. The van der Waals surface area contributed by atoms with Gasteiger partial charge in [-0.3, -0.25) is 0 Å². The molecule has 0 fully saturated rings. The summed E-state index contributed by atoms with van der Waals surface area (Å²) in [5.74, 6) is 3.49. The van der Waals surface area contributed by atoms with Gasteiger partial charge in [-0.2, -0.15) is 0 Å². The number of methoxy groups -OCH3 is 4. The Bertz CT molecular complexity index is 1240. The molecule has 0 heterocycles. The van der Waals surface area contributed by atoms with Crippen LogP contribution in [0.25, 0.3) is 24.3 Å². The van der Waals surface area contributed by atoms with Gasteiger partial charge in [-0.05, 0) is 70.8 Å². The van der Waals surface area contributed by atoms with E-state index in [-0.39, 0.29) is 11.5 Å². The summed E-state index contributed by atoms with van der Waals surface area (Å²) in [6.07, 6.45) is 7.74. The van der Waals surface area contributed by atoms with Crippen molar-refractivity contribution < 1.29 is 29.2 Å². The predicted molar refractivity (Wildman–Crippen MR) is 153 cm³/mol.